The summed E-state index contributed by atoms with van der Waals surface area (Å²) in [6.45, 7) is 5.43. The Morgan fingerprint density at radius 2 is 2.21 bits per heavy atom. The smallest absolute Gasteiger partial charge is 0.409 e. The highest BCUT2D eigenvalue weighted by Gasteiger charge is 2.43. The van der Waals surface area contributed by atoms with E-state index in [2.05, 4.69) is 25.3 Å². The van der Waals surface area contributed by atoms with Gasteiger partial charge in [-0.1, -0.05) is 25.4 Å². The van der Waals surface area contributed by atoms with Crippen LogP contribution in [0.25, 0.3) is 22.3 Å². The quantitative estimate of drug-likeness (QED) is 0.426. The van der Waals surface area contributed by atoms with Crippen molar-refractivity contribution in [2.45, 2.75) is 63.1 Å². The molecular weight excluding hydrogens is 531 g/mol. The van der Waals surface area contributed by atoms with E-state index in [0.29, 0.717) is 55.1 Å². The molecule has 1 amide bonds. The summed E-state index contributed by atoms with van der Waals surface area (Å²) in [7, 11) is 1.35. The first-order chi connectivity index (χ1) is 18.7. The number of rotatable bonds is 5. The number of hydrogen-bond donors (Lipinski definition) is 3. The van der Waals surface area contributed by atoms with Crippen LogP contribution in [0.4, 0.5) is 15.1 Å². The van der Waals surface area contributed by atoms with E-state index in [1.165, 1.54) is 19.4 Å². The second-order valence-electron chi connectivity index (χ2n) is 10.5. The van der Waals surface area contributed by atoms with E-state index >= 15 is 4.39 Å². The first-order valence-electron chi connectivity index (χ1n) is 13.0. The van der Waals surface area contributed by atoms with Crippen LogP contribution in [0.2, 0.25) is 5.02 Å². The Morgan fingerprint density at radius 3 is 2.97 bits per heavy atom. The van der Waals surface area contributed by atoms with Crippen LogP contribution in [-0.4, -0.2) is 87.4 Å². The van der Waals surface area contributed by atoms with E-state index < -0.39 is 18.2 Å². The zero-order valence-corrected chi connectivity index (χ0v) is 22.5. The fourth-order valence-corrected chi connectivity index (χ4v) is 5.95. The molecule has 3 fully saturated rings. The molecule has 3 saturated heterocycles. The molecule has 6 rings (SSSR count). The van der Waals surface area contributed by atoms with Crippen LogP contribution in [0.15, 0.2) is 12.3 Å². The maximum atomic E-state index is 15.6. The Bertz CT molecular complexity index is 1420. The van der Waals surface area contributed by atoms with Gasteiger partial charge in [0.05, 0.1) is 48.3 Å². The van der Waals surface area contributed by atoms with E-state index in [1.807, 2.05) is 13.8 Å². The number of aromatic amines is 1. The van der Waals surface area contributed by atoms with Crippen LogP contribution < -0.4 is 5.32 Å². The zero-order chi connectivity index (χ0) is 27.4. The highest BCUT2D eigenvalue weighted by atomic mass is 35.5. The molecule has 0 radical (unpaired) electrons. The van der Waals surface area contributed by atoms with Crippen molar-refractivity contribution in [2.24, 2.45) is 0 Å². The van der Waals surface area contributed by atoms with Gasteiger partial charge in [-0.3, -0.25) is 0 Å². The molecule has 3 aliphatic rings. The molecule has 5 atom stereocenters. The number of halogens is 2. The normalized spacial score (nSPS) is 26.5. The molecular formula is C26H30ClFN6O5. The number of nitrogens with one attached hydrogen (secondary N) is 2. The van der Waals surface area contributed by atoms with Gasteiger partial charge < -0.3 is 34.5 Å². The van der Waals surface area contributed by atoms with E-state index in [9.17, 15) is 9.90 Å². The third-order valence-corrected chi connectivity index (χ3v) is 7.94. The predicted molar refractivity (Wildman–Crippen MR) is 140 cm³/mol. The van der Waals surface area contributed by atoms with Crippen molar-refractivity contribution in [2.75, 3.05) is 32.1 Å². The molecule has 0 aliphatic carbocycles. The van der Waals surface area contributed by atoms with Crippen molar-refractivity contribution in [3.05, 3.63) is 34.5 Å². The molecule has 208 valence electrons. The third-order valence-electron chi connectivity index (χ3n) is 7.66. The number of hydrogen-bond acceptors (Lipinski definition) is 9. The first kappa shape index (κ1) is 26.2. The number of aliphatic hydroxyl groups excluding tert-OH is 1. The molecule has 0 saturated carbocycles. The van der Waals surface area contributed by atoms with Gasteiger partial charge in [0.15, 0.2) is 12.1 Å². The van der Waals surface area contributed by atoms with Crippen molar-refractivity contribution < 1.29 is 28.5 Å². The van der Waals surface area contributed by atoms with Gasteiger partial charge in [0, 0.05) is 24.6 Å². The van der Waals surface area contributed by atoms with Crippen molar-refractivity contribution >= 4 is 34.7 Å². The van der Waals surface area contributed by atoms with Crippen LogP contribution >= 0.6 is 11.6 Å². The van der Waals surface area contributed by atoms with Crippen LogP contribution in [0.3, 0.4) is 0 Å². The van der Waals surface area contributed by atoms with Crippen LogP contribution in [0.5, 0.6) is 0 Å². The Morgan fingerprint density at radius 1 is 1.38 bits per heavy atom. The minimum atomic E-state index is -0.888. The van der Waals surface area contributed by atoms with E-state index in [1.54, 1.807) is 4.90 Å². The molecule has 3 N–H and O–H groups in total. The number of anilines is 1. The number of aromatic nitrogens is 4. The summed E-state index contributed by atoms with van der Waals surface area (Å²) in [6, 6.07) is 1.03. The second-order valence-corrected chi connectivity index (χ2v) is 11.0. The average molecular weight is 561 g/mol. The molecule has 0 unspecified atom stereocenters. The van der Waals surface area contributed by atoms with Crippen molar-refractivity contribution in [1.29, 1.82) is 0 Å². The van der Waals surface area contributed by atoms with Gasteiger partial charge in [-0.2, -0.15) is 0 Å². The van der Waals surface area contributed by atoms with Gasteiger partial charge in [0.1, 0.15) is 17.4 Å². The van der Waals surface area contributed by atoms with Gasteiger partial charge in [-0.05, 0) is 30.4 Å². The minimum Gasteiger partial charge on any atom is -0.453 e. The highest BCUT2D eigenvalue weighted by molar-refractivity contribution is 6.33. The topological polar surface area (TPSA) is 135 Å². The van der Waals surface area contributed by atoms with E-state index in [0.717, 1.165) is 5.56 Å². The summed E-state index contributed by atoms with van der Waals surface area (Å²) in [5.74, 6) is 0.277. The van der Waals surface area contributed by atoms with Gasteiger partial charge in [-0.25, -0.2) is 24.1 Å². The van der Waals surface area contributed by atoms with Crippen LogP contribution in [0.1, 0.15) is 49.9 Å². The Kier molecular flexibility index (Phi) is 6.82. The Balaban J connectivity index is 1.36. The molecule has 5 heterocycles. The van der Waals surface area contributed by atoms with Gasteiger partial charge in [-0.15, -0.1) is 0 Å². The number of amides is 1. The Hall–Kier alpha value is -3.06. The number of likely N-dealkylation sites (tertiary alicyclic amines) is 1. The van der Waals surface area contributed by atoms with E-state index in [4.69, 9.17) is 25.8 Å². The van der Waals surface area contributed by atoms with Crippen molar-refractivity contribution in [1.82, 2.24) is 24.8 Å². The fraction of sp³-hybridized carbons (Fsp3) is 0.538. The minimum absolute atomic E-state index is 0.0286. The second kappa shape index (κ2) is 10.2. The van der Waals surface area contributed by atoms with Crippen LogP contribution in [-0.2, 0) is 14.2 Å². The number of aliphatic hydroxyl groups is 1. The summed E-state index contributed by atoms with van der Waals surface area (Å²) in [6.07, 6.45) is 0.613. The molecule has 3 aromatic rings. The standard InChI is InChI=1S/C26H30ClFN6O5/c1-11(2)18-14(7-16(28)20-21(18)32-23(31-20)12-4-5-34(9-12)26(36)37-3)19-15(27)8-29-25(33-19)30-17-6-13-10-38-24(39-13)22(17)35/h7-8,11-13,17,22,24,35H,4-6,9-10H2,1-3H3,(H,31,32)(H,29,30,33)/t12-,13+,17-,22+,24-/m1/s1. The molecule has 0 spiro atoms. The number of fused-ring (bicyclic) bond motifs is 3. The molecule has 2 aromatic heterocycles. The van der Waals surface area contributed by atoms with Crippen LogP contribution in [0, 0.1) is 5.82 Å². The number of imidazole rings is 1. The number of carbonyl (C=O) groups is 1. The lowest BCUT2D eigenvalue weighted by atomic mass is 9.93. The molecule has 39 heavy (non-hydrogen) atoms. The third kappa shape index (κ3) is 4.69. The van der Waals surface area contributed by atoms with Crippen molar-refractivity contribution in [3.63, 3.8) is 0 Å². The maximum Gasteiger partial charge on any atom is 0.409 e. The number of nitrogens with zero attached hydrogens (tertiary/aromatic N) is 4. The molecule has 13 heteroatoms. The first-order valence-corrected chi connectivity index (χ1v) is 13.4. The van der Waals surface area contributed by atoms with E-state index in [-0.39, 0.29) is 46.6 Å². The molecule has 11 nitrogen and oxygen atoms in total. The number of carbonyl (C=O) groups excluding carboxylic acids is 1. The maximum absolute atomic E-state index is 15.6. The summed E-state index contributed by atoms with van der Waals surface area (Å²) in [4.78, 5) is 30.5. The lowest BCUT2D eigenvalue weighted by molar-refractivity contribution is -0.156. The SMILES string of the molecule is COC(=O)N1CC[C@@H](c2nc3c(F)cc(-c4nc(N[C@@H]5C[C@H]6CO[C@H](O6)[C@H]5O)ncc4Cl)c(C(C)C)c3[nH]2)C1. The summed E-state index contributed by atoms with van der Waals surface area (Å²) < 4.78 is 31.5. The average Bonchev–Trinajstić information content (AvgIpc) is 3.66. The number of methoxy groups -OCH3 is 1. The molecule has 3 aliphatic heterocycles. The lowest BCUT2D eigenvalue weighted by Crippen LogP contribution is -2.48. The van der Waals surface area contributed by atoms with Gasteiger partial charge >= 0.3 is 6.09 Å². The predicted octanol–water partition coefficient (Wildman–Crippen LogP) is 3.78. The largest absolute Gasteiger partial charge is 0.453 e. The number of H-pyrrole nitrogens is 1. The molecule has 1 aromatic carbocycles. The lowest BCUT2D eigenvalue weighted by Gasteiger charge is -2.32. The monoisotopic (exact) mass is 560 g/mol. The number of ether oxygens (including phenoxy) is 3. The summed E-state index contributed by atoms with van der Waals surface area (Å²) >= 11 is 6.57. The summed E-state index contributed by atoms with van der Waals surface area (Å²) in [5.41, 5.74) is 2.52. The highest BCUT2D eigenvalue weighted by Crippen LogP contribution is 2.39. The summed E-state index contributed by atoms with van der Waals surface area (Å²) in [5, 5.41) is 14.0. The fourth-order valence-electron chi connectivity index (χ4n) is 5.76. The van der Waals surface area contributed by atoms with Crippen molar-refractivity contribution in [3.8, 4) is 11.3 Å². The Labute approximate surface area is 229 Å². The van der Waals surface area contributed by atoms with Gasteiger partial charge in [0.25, 0.3) is 0 Å². The molecule has 2 bridgehead atoms. The number of benzene rings is 1. The van der Waals surface area contributed by atoms with Gasteiger partial charge in [0.2, 0.25) is 5.95 Å². The zero-order valence-electron chi connectivity index (χ0n) is 21.8.